The third-order valence-electron chi connectivity index (χ3n) is 2.77. The molecular weight excluding hydrogens is 266 g/mol. The second-order valence-electron chi connectivity index (χ2n) is 4.50. The summed E-state index contributed by atoms with van der Waals surface area (Å²) in [5, 5.41) is 33.6. The first-order valence-electron chi connectivity index (χ1n) is 6.22. The molecule has 2 N–H and O–H groups in total. The number of benzene rings is 1. The highest BCUT2D eigenvalue weighted by atomic mass is 16.6. The molecule has 1 unspecified atom stereocenters. The Kier molecular flexibility index (Phi) is 6.01. The maximum atomic E-state index is 10.9. The van der Waals surface area contributed by atoms with Gasteiger partial charge in [-0.1, -0.05) is 0 Å². The van der Waals surface area contributed by atoms with Crippen molar-refractivity contribution in [3.8, 4) is 0 Å². The van der Waals surface area contributed by atoms with E-state index >= 15 is 0 Å². The number of nitrogens with zero attached hydrogens (tertiary/aromatic N) is 2. The molecule has 0 bridgehead atoms. The highest BCUT2D eigenvalue weighted by Gasteiger charge is 2.18. The summed E-state index contributed by atoms with van der Waals surface area (Å²) in [4.78, 5) is 20.2. The van der Waals surface area contributed by atoms with Crippen molar-refractivity contribution in [3.05, 3.63) is 44.0 Å². The molecule has 8 nitrogen and oxygen atoms in total. The second kappa shape index (κ2) is 7.51. The molecule has 1 atom stereocenters. The normalized spacial score (nSPS) is 12.1. The summed E-state index contributed by atoms with van der Waals surface area (Å²) in [6.45, 7) is 2.56. The van der Waals surface area contributed by atoms with Crippen molar-refractivity contribution < 1.29 is 15.0 Å². The quantitative estimate of drug-likeness (QED) is 0.426. The topological polar surface area (TPSA) is 119 Å². The van der Waals surface area contributed by atoms with E-state index in [1.807, 2.05) is 0 Å². The highest BCUT2D eigenvalue weighted by molar-refractivity contribution is 5.49. The Morgan fingerprint density at radius 3 is 2.55 bits per heavy atom. The number of nitro groups is 2. The standard InChI is InChI=1S/C12H17N3O5/c1-9(16)3-2-6-13-8-10-4-5-11(14(17)18)7-12(10)15(19)20/h4-5,7,9,13,16H,2-3,6,8H2,1H3. The van der Waals surface area contributed by atoms with Crippen LogP contribution in [0, 0.1) is 20.2 Å². The van der Waals surface area contributed by atoms with Crippen molar-refractivity contribution >= 4 is 11.4 Å². The number of rotatable bonds is 8. The molecule has 0 aliphatic carbocycles. The maximum absolute atomic E-state index is 10.9. The number of nitrogens with one attached hydrogen (secondary N) is 1. The fraction of sp³-hybridized carbons (Fsp3) is 0.500. The van der Waals surface area contributed by atoms with E-state index in [-0.39, 0.29) is 24.0 Å². The van der Waals surface area contributed by atoms with E-state index in [0.29, 0.717) is 18.5 Å². The van der Waals surface area contributed by atoms with Crippen LogP contribution in [-0.4, -0.2) is 27.6 Å². The SMILES string of the molecule is CC(O)CCCNCc1ccc([N+](=O)[O-])cc1[N+](=O)[O-]. The molecule has 0 radical (unpaired) electrons. The van der Waals surface area contributed by atoms with Crippen molar-refractivity contribution in [3.63, 3.8) is 0 Å². The van der Waals surface area contributed by atoms with Crippen LogP contribution in [0.3, 0.4) is 0 Å². The molecule has 1 aromatic carbocycles. The Labute approximate surface area is 115 Å². The number of aliphatic hydroxyl groups is 1. The van der Waals surface area contributed by atoms with Gasteiger partial charge in [-0.15, -0.1) is 0 Å². The van der Waals surface area contributed by atoms with Gasteiger partial charge in [-0.3, -0.25) is 20.2 Å². The third kappa shape index (κ3) is 4.90. The van der Waals surface area contributed by atoms with E-state index in [2.05, 4.69) is 5.32 Å². The average Bonchev–Trinajstić information content (AvgIpc) is 2.37. The number of aliphatic hydroxyl groups excluding tert-OH is 1. The van der Waals surface area contributed by atoms with Gasteiger partial charge in [0, 0.05) is 18.2 Å². The van der Waals surface area contributed by atoms with Gasteiger partial charge in [0.15, 0.2) is 0 Å². The lowest BCUT2D eigenvalue weighted by atomic mass is 10.1. The Hall–Kier alpha value is -2.06. The summed E-state index contributed by atoms with van der Waals surface area (Å²) in [6, 6.07) is 3.60. The first-order chi connectivity index (χ1) is 9.41. The molecule has 0 spiro atoms. The molecule has 1 aromatic rings. The van der Waals surface area contributed by atoms with Crippen LogP contribution in [0.1, 0.15) is 25.3 Å². The monoisotopic (exact) mass is 283 g/mol. The van der Waals surface area contributed by atoms with Gasteiger partial charge in [0.1, 0.15) is 0 Å². The van der Waals surface area contributed by atoms with E-state index in [1.165, 1.54) is 12.1 Å². The molecule has 20 heavy (non-hydrogen) atoms. The Bertz CT molecular complexity index is 490. The lowest BCUT2D eigenvalue weighted by Gasteiger charge is -2.07. The van der Waals surface area contributed by atoms with E-state index in [1.54, 1.807) is 6.92 Å². The fourth-order valence-corrected chi connectivity index (χ4v) is 1.73. The molecule has 0 saturated heterocycles. The first kappa shape index (κ1) is 16.0. The smallest absolute Gasteiger partial charge is 0.280 e. The largest absolute Gasteiger partial charge is 0.393 e. The van der Waals surface area contributed by atoms with Gasteiger partial charge in [0.25, 0.3) is 11.4 Å². The lowest BCUT2D eigenvalue weighted by molar-refractivity contribution is -0.394. The number of hydrogen-bond acceptors (Lipinski definition) is 6. The van der Waals surface area contributed by atoms with Crippen LogP contribution in [-0.2, 0) is 6.54 Å². The van der Waals surface area contributed by atoms with Gasteiger partial charge in [-0.2, -0.15) is 0 Å². The van der Waals surface area contributed by atoms with E-state index in [9.17, 15) is 20.2 Å². The molecule has 0 amide bonds. The zero-order valence-corrected chi connectivity index (χ0v) is 11.1. The fourth-order valence-electron chi connectivity index (χ4n) is 1.73. The highest BCUT2D eigenvalue weighted by Crippen LogP contribution is 2.24. The van der Waals surface area contributed by atoms with Crippen molar-refractivity contribution in [2.75, 3.05) is 6.54 Å². The van der Waals surface area contributed by atoms with Crippen molar-refractivity contribution in [1.82, 2.24) is 5.32 Å². The van der Waals surface area contributed by atoms with Gasteiger partial charge in [0.05, 0.1) is 22.0 Å². The molecule has 0 heterocycles. The molecule has 0 aliphatic rings. The average molecular weight is 283 g/mol. The number of nitro benzene ring substituents is 2. The zero-order valence-electron chi connectivity index (χ0n) is 11.1. The van der Waals surface area contributed by atoms with Crippen LogP contribution in [0.25, 0.3) is 0 Å². The Morgan fingerprint density at radius 1 is 1.30 bits per heavy atom. The Morgan fingerprint density at radius 2 is 2.00 bits per heavy atom. The summed E-state index contributed by atoms with van der Waals surface area (Å²) in [6.07, 6.45) is 1.03. The van der Waals surface area contributed by atoms with Gasteiger partial charge >= 0.3 is 0 Å². The molecule has 0 aromatic heterocycles. The molecule has 0 aliphatic heterocycles. The van der Waals surface area contributed by atoms with Gasteiger partial charge in [0.2, 0.25) is 0 Å². The minimum absolute atomic E-state index is 0.258. The minimum Gasteiger partial charge on any atom is -0.393 e. The van der Waals surface area contributed by atoms with Crippen molar-refractivity contribution in [1.29, 1.82) is 0 Å². The van der Waals surface area contributed by atoms with Crippen LogP contribution < -0.4 is 5.32 Å². The molecule has 0 saturated carbocycles. The first-order valence-corrected chi connectivity index (χ1v) is 6.22. The van der Waals surface area contributed by atoms with E-state index in [0.717, 1.165) is 12.5 Å². The number of non-ortho nitro benzene ring substituents is 1. The molecule has 8 heteroatoms. The molecule has 110 valence electrons. The summed E-state index contributed by atoms with van der Waals surface area (Å²) < 4.78 is 0. The summed E-state index contributed by atoms with van der Waals surface area (Å²) in [7, 11) is 0. The van der Waals surface area contributed by atoms with Crippen LogP contribution >= 0.6 is 0 Å². The predicted molar refractivity (Wildman–Crippen MR) is 72.4 cm³/mol. The third-order valence-corrected chi connectivity index (χ3v) is 2.77. The van der Waals surface area contributed by atoms with Gasteiger partial charge in [-0.25, -0.2) is 0 Å². The van der Waals surface area contributed by atoms with E-state index in [4.69, 9.17) is 5.11 Å². The Balaban J connectivity index is 2.65. The van der Waals surface area contributed by atoms with Crippen LogP contribution in [0.5, 0.6) is 0 Å². The van der Waals surface area contributed by atoms with E-state index < -0.39 is 9.85 Å². The summed E-state index contributed by atoms with van der Waals surface area (Å²) >= 11 is 0. The van der Waals surface area contributed by atoms with Crippen molar-refractivity contribution in [2.45, 2.75) is 32.4 Å². The summed E-state index contributed by atoms with van der Waals surface area (Å²) in [5.41, 5.74) is -0.158. The zero-order chi connectivity index (χ0) is 15.1. The molecular formula is C12H17N3O5. The second-order valence-corrected chi connectivity index (χ2v) is 4.50. The van der Waals surface area contributed by atoms with Crippen molar-refractivity contribution in [2.24, 2.45) is 0 Å². The molecule has 0 fully saturated rings. The van der Waals surface area contributed by atoms with Crippen LogP contribution in [0.2, 0.25) is 0 Å². The minimum atomic E-state index is -0.660. The summed E-state index contributed by atoms with van der Waals surface area (Å²) in [5.74, 6) is 0. The van der Waals surface area contributed by atoms with Crippen LogP contribution in [0.4, 0.5) is 11.4 Å². The predicted octanol–water partition coefficient (Wildman–Crippen LogP) is 1.75. The maximum Gasteiger partial charge on any atom is 0.280 e. The number of hydrogen-bond donors (Lipinski definition) is 2. The van der Waals surface area contributed by atoms with Gasteiger partial charge in [-0.05, 0) is 32.4 Å². The van der Waals surface area contributed by atoms with Crippen LogP contribution in [0.15, 0.2) is 18.2 Å². The lowest BCUT2D eigenvalue weighted by Crippen LogP contribution is -2.17. The molecule has 1 rings (SSSR count). The van der Waals surface area contributed by atoms with Gasteiger partial charge < -0.3 is 10.4 Å².